The van der Waals surface area contributed by atoms with Crippen LogP contribution >= 0.6 is 25.3 Å². The first-order chi connectivity index (χ1) is 9.15. The molecular weight excluding hydrogens is 372 g/mol. The first-order valence-corrected chi connectivity index (χ1v) is 6.59. The van der Waals surface area contributed by atoms with E-state index in [1.54, 1.807) is 0 Å². The molecule has 0 aliphatic rings. The molecule has 125 valence electrons. The van der Waals surface area contributed by atoms with Gasteiger partial charge in [0.2, 0.25) is 11.8 Å². The summed E-state index contributed by atoms with van der Waals surface area (Å²) in [5, 5.41) is 24.5. The van der Waals surface area contributed by atoms with Crippen LogP contribution < -0.4 is 20.8 Å². The molecule has 2 atom stereocenters. The second kappa shape index (κ2) is 14.1. The molecule has 21 heavy (non-hydrogen) atoms. The van der Waals surface area contributed by atoms with Gasteiger partial charge in [-0.2, -0.15) is 25.3 Å². The van der Waals surface area contributed by atoms with Gasteiger partial charge in [0.1, 0.15) is 0 Å². The van der Waals surface area contributed by atoms with Gasteiger partial charge in [-0.1, -0.05) is 0 Å². The summed E-state index contributed by atoms with van der Waals surface area (Å²) in [6, 6.07) is -1.97. The van der Waals surface area contributed by atoms with Crippen LogP contribution in [0.15, 0.2) is 0 Å². The molecular formula is C10H16CuN2O6S2. The Labute approximate surface area is 143 Å². The third-order valence-electron chi connectivity index (χ3n) is 1.69. The molecule has 0 aliphatic heterocycles. The number of nitrogens with one attached hydrogen (secondary N) is 2. The van der Waals surface area contributed by atoms with E-state index in [9.17, 15) is 29.4 Å². The minimum atomic E-state index is -1.31. The van der Waals surface area contributed by atoms with Gasteiger partial charge in [0.15, 0.2) is 0 Å². The molecule has 0 spiro atoms. The Morgan fingerprint density at radius 2 is 1.10 bits per heavy atom. The molecule has 0 aromatic rings. The molecule has 0 unspecified atom stereocenters. The summed E-state index contributed by atoms with van der Waals surface area (Å²) in [5.41, 5.74) is 0. The van der Waals surface area contributed by atoms with E-state index in [4.69, 9.17) is 0 Å². The number of carbonyl (C=O) groups excluding carboxylic acids is 4. The third-order valence-corrected chi connectivity index (χ3v) is 2.42. The summed E-state index contributed by atoms with van der Waals surface area (Å²) in [5.74, 6) is -3.34. The first kappa shape index (κ1) is 25.1. The van der Waals surface area contributed by atoms with Crippen LogP contribution in [0.2, 0.25) is 0 Å². The normalized spacial score (nSPS) is 11.6. The summed E-state index contributed by atoms with van der Waals surface area (Å²) < 4.78 is 0. The van der Waals surface area contributed by atoms with E-state index in [0.717, 1.165) is 0 Å². The van der Waals surface area contributed by atoms with Gasteiger partial charge in [0, 0.05) is 25.4 Å². The van der Waals surface area contributed by atoms with Gasteiger partial charge in [0.05, 0.1) is 24.0 Å². The Morgan fingerprint density at radius 3 is 1.14 bits per heavy atom. The zero-order valence-corrected chi connectivity index (χ0v) is 13.9. The number of carboxylic acid groups (broad SMARTS) is 2. The summed E-state index contributed by atoms with van der Waals surface area (Å²) in [4.78, 5) is 40.7. The number of carboxylic acids is 2. The molecule has 0 aromatic heterocycles. The van der Waals surface area contributed by atoms with Crippen molar-refractivity contribution in [2.45, 2.75) is 25.9 Å². The Morgan fingerprint density at radius 1 is 0.857 bits per heavy atom. The molecule has 0 aliphatic carbocycles. The predicted octanol–water partition coefficient (Wildman–Crippen LogP) is -3.66. The second-order valence-corrected chi connectivity index (χ2v) is 4.24. The maximum Gasteiger partial charge on any atom is 2.00 e. The van der Waals surface area contributed by atoms with Gasteiger partial charge in [-0.15, -0.1) is 0 Å². The van der Waals surface area contributed by atoms with Crippen LogP contribution in [0.4, 0.5) is 0 Å². The average Bonchev–Trinajstić information content (AvgIpc) is 2.32. The number of hydrogen-bond acceptors (Lipinski definition) is 8. The van der Waals surface area contributed by atoms with Crippen molar-refractivity contribution in [3.63, 3.8) is 0 Å². The summed E-state index contributed by atoms with van der Waals surface area (Å²) in [6.07, 6.45) is 0. The monoisotopic (exact) mass is 387 g/mol. The number of thiol groups is 2. The van der Waals surface area contributed by atoms with Gasteiger partial charge < -0.3 is 30.4 Å². The van der Waals surface area contributed by atoms with Crippen molar-refractivity contribution in [3.8, 4) is 0 Å². The molecule has 2 amide bonds. The smallest absolute Gasteiger partial charge is 0.548 e. The largest absolute Gasteiger partial charge is 2.00 e. The van der Waals surface area contributed by atoms with Crippen LogP contribution in [-0.4, -0.2) is 47.3 Å². The average molecular weight is 388 g/mol. The fraction of sp³-hybridized carbons (Fsp3) is 0.600. The Hall–Kier alpha value is -0.901. The van der Waals surface area contributed by atoms with Crippen LogP contribution in [0.3, 0.4) is 0 Å². The van der Waals surface area contributed by atoms with E-state index < -0.39 is 35.8 Å². The van der Waals surface area contributed by atoms with Gasteiger partial charge in [-0.05, 0) is 0 Å². The fourth-order valence-electron chi connectivity index (χ4n) is 0.849. The maximum atomic E-state index is 10.3. The molecule has 0 rings (SSSR count). The van der Waals surface area contributed by atoms with E-state index in [1.165, 1.54) is 13.8 Å². The molecule has 8 nitrogen and oxygen atoms in total. The molecule has 2 N–H and O–H groups in total. The number of hydrogen-bond donors (Lipinski definition) is 4. The molecule has 0 saturated heterocycles. The van der Waals surface area contributed by atoms with Crippen molar-refractivity contribution in [1.29, 1.82) is 0 Å². The molecule has 0 saturated carbocycles. The van der Waals surface area contributed by atoms with E-state index in [0.29, 0.717) is 0 Å². The topological polar surface area (TPSA) is 138 Å². The van der Waals surface area contributed by atoms with Crippen LogP contribution in [-0.2, 0) is 36.2 Å². The van der Waals surface area contributed by atoms with Crippen molar-refractivity contribution in [2.75, 3.05) is 11.5 Å². The number of carbonyl (C=O) groups is 4. The summed E-state index contributed by atoms with van der Waals surface area (Å²) in [6.45, 7) is 2.47. The molecule has 0 fully saturated rings. The zero-order chi connectivity index (χ0) is 16.3. The van der Waals surface area contributed by atoms with Crippen LogP contribution in [0.25, 0.3) is 0 Å². The predicted molar refractivity (Wildman–Crippen MR) is 72.9 cm³/mol. The van der Waals surface area contributed by atoms with Crippen molar-refractivity contribution in [1.82, 2.24) is 10.6 Å². The minimum absolute atomic E-state index is 0. The quantitative estimate of drug-likeness (QED) is 0.274. The molecule has 0 heterocycles. The Kier molecular flexibility index (Phi) is 16.8. The van der Waals surface area contributed by atoms with E-state index >= 15 is 0 Å². The van der Waals surface area contributed by atoms with Crippen molar-refractivity contribution in [3.05, 3.63) is 0 Å². The molecule has 0 aromatic carbocycles. The number of rotatable bonds is 6. The van der Waals surface area contributed by atoms with Crippen LogP contribution in [0, 0.1) is 0 Å². The van der Waals surface area contributed by atoms with E-state index in [-0.39, 0.29) is 28.6 Å². The molecule has 0 bridgehead atoms. The van der Waals surface area contributed by atoms with Gasteiger partial charge in [-0.3, -0.25) is 9.59 Å². The zero-order valence-electron chi connectivity index (χ0n) is 11.2. The Bertz CT molecular complexity index is 335. The van der Waals surface area contributed by atoms with Crippen LogP contribution in [0.5, 0.6) is 0 Å². The summed E-state index contributed by atoms with van der Waals surface area (Å²) in [7, 11) is 0. The van der Waals surface area contributed by atoms with Crippen molar-refractivity contribution >= 4 is 49.0 Å². The standard InChI is InChI=1S/2C5H9NO3S.Cu/c2*1-3(7)6-4(2-10)5(8)9;/h2*4,10H,2H2,1H3,(H,6,7)(H,8,9);/q;;+2/p-2/t2*4-;/m00./s1. The van der Waals surface area contributed by atoms with Crippen LogP contribution in [0.1, 0.15) is 13.8 Å². The molecule has 11 heteroatoms. The van der Waals surface area contributed by atoms with E-state index in [2.05, 4.69) is 35.9 Å². The fourth-order valence-corrected chi connectivity index (χ4v) is 1.33. The molecule has 1 radical (unpaired) electrons. The SMILES string of the molecule is CC(=O)N[C@@H](CS)C(=O)[O-].CC(=O)N[C@@H](CS)C(=O)[O-].[Cu+2]. The Balaban J connectivity index is -0.000000295. The maximum absolute atomic E-state index is 10.3. The van der Waals surface area contributed by atoms with Gasteiger partial charge >= 0.3 is 17.1 Å². The van der Waals surface area contributed by atoms with Gasteiger partial charge in [-0.25, -0.2) is 0 Å². The van der Waals surface area contributed by atoms with E-state index in [1.807, 2.05) is 0 Å². The minimum Gasteiger partial charge on any atom is -0.548 e. The number of aliphatic carboxylic acids is 2. The van der Waals surface area contributed by atoms with Crippen molar-refractivity contribution in [2.24, 2.45) is 0 Å². The first-order valence-electron chi connectivity index (χ1n) is 5.33. The second-order valence-electron chi connectivity index (χ2n) is 3.51. The van der Waals surface area contributed by atoms with Gasteiger partial charge in [0.25, 0.3) is 0 Å². The summed E-state index contributed by atoms with van der Waals surface area (Å²) >= 11 is 7.39. The number of amides is 2. The van der Waals surface area contributed by atoms with Crippen molar-refractivity contribution < 1.29 is 46.5 Å². The third kappa shape index (κ3) is 15.3.